The first-order valence-corrected chi connectivity index (χ1v) is 9.75. The summed E-state index contributed by atoms with van der Waals surface area (Å²) in [6.45, 7) is 3.81. The van der Waals surface area contributed by atoms with E-state index in [2.05, 4.69) is 21.2 Å². The SMILES string of the molecule is Cc1ccc(CNC(=O)C2CCN(c3cc(Br)ccc3[N+](=O)[O-])CC2)cc1. The van der Waals surface area contributed by atoms with E-state index < -0.39 is 0 Å². The van der Waals surface area contributed by atoms with Crippen LogP contribution < -0.4 is 10.2 Å². The smallest absolute Gasteiger partial charge is 0.292 e. The van der Waals surface area contributed by atoms with Crippen molar-refractivity contribution >= 4 is 33.2 Å². The largest absolute Gasteiger partial charge is 0.366 e. The van der Waals surface area contributed by atoms with Gasteiger partial charge in [-0.25, -0.2) is 0 Å². The molecule has 1 aliphatic heterocycles. The molecule has 6 nitrogen and oxygen atoms in total. The normalized spacial score (nSPS) is 14.8. The summed E-state index contributed by atoms with van der Waals surface area (Å²) in [4.78, 5) is 25.4. The van der Waals surface area contributed by atoms with Crippen LogP contribution in [0.1, 0.15) is 24.0 Å². The number of nitro groups is 1. The number of carbonyl (C=O) groups is 1. The van der Waals surface area contributed by atoms with E-state index in [0.717, 1.165) is 10.0 Å². The maximum atomic E-state index is 12.5. The van der Waals surface area contributed by atoms with Gasteiger partial charge >= 0.3 is 0 Å². The summed E-state index contributed by atoms with van der Waals surface area (Å²) in [5.74, 6) is -0.00289. The van der Waals surface area contributed by atoms with E-state index in [9.17, 15) is 14.9 Å². The van der Waals surface area contributed by atoms with Crippen LogP contribution in [0.25, 0.3) is 0 Å². The van der Waals surface area contributed by atoms with Gasteiger partial charge in [0.25, 0.3) is 5.69 Å². The number of nitrogens with one attached hydrogen (secondary N) is 1. The van der Waals surface area contributed by atoms with E-state index in [-0.39, 0.29) is 22.4 Å². The van der Waals surface area contributed by atoms with Crippen molar-refractivity contribution in [3.63, 3.8) is 0 Å². The number of benzene rings is 2. The van der Waals surface area contributed by atoms with Gasteiger partial charge in [-0.1, -0.05) is 45.8 Å². The quantitative estimate of drug-likeness (QED) is 0.568. The summed E-state index contributed by atoms with van der Waals surface area (Å²) in [7, 11) is 0. The Kier molecular flexibility index (Phi) is 6.11. The molecule has 0 unspecified atom stereocenters. The topological polar surface area (TPSA) is 75.5 Å². The third kappa shape index (κ3) is 4.86. The van der Waals surface area contributed by atoms with Gasteiger partial charge in [0.05, 0.1) is 4.92 Å². The van der Waals surface area contributed by atoms with Crippen LogP contribution in [-0.4, -0.2) is 23.9 Å². The second kappa shape index (κ2) is 8.52. The lowest BCUT2D eigenvalue weighted by Crippen LogP contribution is -2.40. The molecule has 0 bridgehead atoms. The first kappa shape index (κ1) is 19.4. The predicted molar refractivity (Wildman–Crippen MR) is 109 cm³/mol. The lowest BCUT2D eigenvalue weighted by molar-refractivity contribution is -0.384. The van der Waals surface area contributed by atoms with Gasteiger partial charge in [0.15, 0.2) is 0 Å². The molecule has 1 aliphatic rings. The van der Waals surface area contributed by atoms with Crippen LogP contribution in [0.3, 0.4) is 0 Å². The summed E-state index contributed by atoms with van der Waals surface area (Å²) in [5, 5.41) is 14.3. The van der Waals surface area contributed by atoms with Gasteiger partial charge in [-0.3, -0.25) is 14.9 Å². The van der Waals surface area contributed by atoms with Crippen LogP contribution in [0.5, 0.6) is 0 Å². The van der Waals surface area contributed by atoms with Crippen LogP contribution in [0.4, 0.5) is 11.4 Å². The zero-order valence-electron chi connectivity index (χ0n) is 15.2. The summed E-state index contributed by atoms with van der Waals surface area (Å²) >= 11 is 3.38. The Bertz CT molecular complexity index is 831. The van der Waals surface area contributed by atoms with Crippen LogP contribution in [-0.2, 0) is 11.3 Å². The lowest BCUT2D eigenvalue weighted by atomic mass is 9.95. The van der Waals surface area contributed by atoms with E-state index in [1.54, 1.807) is 12.1 Å². The number of piperidine rings is 1. The number of amides is 1. The minimum Gasteiger partial charge on any atom is -0.366 e. The Morgan fingerprint density at radius 3 is 2.52 bits per heavy atom. The average Bonchev–Trinajstić information content (AvgIpc) is 2.67. The van der Waals surface area contributed by atoms with E-state index in [0.29, 0.717) is 38.2 Å². The Balaban J connectivity index is 1.57. The fourth-order valence-corrected chi connectivity index (χ4v) is 3.68. The van der Waals surface area contributed by atoms with Crippen LogP contribution in [0, 0.1) is 23.0 Å². The van der Waals surface area contributed by atoms with Crippen molar-refractivity contribution < 1.29 is 9.72 Å². The molecule has 1 saturated heterocycles. The second-order valence-electron chi connectivity index (χ2n) is 6.85. The van der Waals surface area contributed by atoms with Crippen molar-refractivity contribution in [1.29, 1.82) is 0 Å². The highest BCUT2D eigenvalue weighted by Crippen LogP contribution is 2.33. The number of halogens is 1. The first-order valence-electron chi connectivity index (χ1n) is 8.96. The van der Waals surface area contributed by atoms with Crippen molar-refractivity contribution in [3.05, 3.63) is 68.2 Å². The Morgan fingerprint density at radius 1 is 1.22 bits per heavy atom. The molecule has 0 saturated carbocycles. The van der Waals surface area contributed by atoms with Crippen molar-refractivity contribution in [2.45, 2.75) is 26.3 Å². The fourth-order valence-electron chi connectivity index (χ4n) is 3.33. The number of aryl methyl sites for hydroxylation is 1. The molecule has 1 fully saturated rings. The number of hydrogen-bond acceptors (Lipinski definition) is 4. The zero-order chi connectivity index (χ0) is 19.4. The van der Waals surface area contributed by atoms with Crippen LogP contribution in [0.15, 0.2) is 46.9 Å². The van der Waals surface area contributed by atoms with Gasteiger partial charge < -0.3 is 10.2 Å². The Morgan fingerprint density at radius 2 is 1.89 bits per heavy atom. The monoisotopic (exact) mass is 431 g/mol. The average molecular weight is 432 g/mol. The number of anilines is 1. The molecule has 3 rings (SSSR count). The van der Waals surface area contributed by atoms with Crippen molar-refractivity contribution in [2.24, 2.45) is 5.92 Å². The molecule has 0 aromatic heterocycles. The van der Waals surface area contributed by atoms with E-state index in [4.69, 9.17) is 0 Å². The van der Waals surface area contributed by atoms with Gasteiger partial charge in [-0.15, -0.1) is 0 Å². The molecule has 2 aromatic rings. The maximum absolute atomic E-state index is 12.5. The Hall–Kier alpha value is -2.41. The number of carbonyl (C=O) groups excluding carboxylic acids is 1. The van der Waals surface area contributed by atoms with Gasteiger partial charge in [0.1, 0.15) is 5.69 Å². The molecule has 0 atom stereocenters. The van der Waals surface area contributed by atoms with Gasteiger partial charge in [0.2, 0.25) is 5.91 Å². The summed E-state index contributed by atoms with van der Waals surface area (Å²) in [6.07, 6.45) is 1.37. The molecule has 0 spiro atoms. The Labute approximate surface area is 166 Å². The highest BCUT2D eigenvalue weighted by Gasteiger charge is 2.28. The molecule has 1 amide bonds. The number of rotatable bonds is 5. The molecule has 0 aliphatic carbocycles. The highest BCUT2D eigenvalue weighted by molar-refractivity contribution is 9.10. The van der Waals surface area contributed by atoms with Crippen LogP contribution >= 0.6 is 15.9 Å². The molecule has 7 heteroatoms. The predicted octanol–water partition coefficient (Wildman–Crippen LogP) is 4.20. The molecule has 142 valence electrons. The van der Waals surface area contributed by atoms with Gasteiger partial charge in [0, 0.05) is 36.1 Å². The number of nitrogens with zero attached hydrogens (tertiary/aromatic N) is 2. The van der Waals surface area contributed by atoms with Crippen molar-refractivity contribution in [3.8, 4) is 0 Å². The molecule has 1 N–H and O–H groups in total. The maximum Gasteiger partial charge on any atom is 0.292 e. The van der Waals surface area contributed by atoms with Gasteiger partial charge in [-0.2, -0.15) is 0 Å². The van der Waals surface area contributed by atoms with E-state index in [1.165, 1.54) is 11.6 Å². The number of nitro benzene ring substituents is 1. The van der Waals surface area contributed by atoms with E-state index in [1.807, 2.05) is 36.1 Å². The summed E-state index contributed by atoms with van der Waals surface area (Å²) in [5.41, 5.74) is 2.98. The third-order valence-corrected chi connectivity index (χ3v) is 5.42. The van der Waals surface area contributed by atoms with E-state index >= 15 is 0 Å². The standard InChI is InChI=1S/C20H22BrN3O3/c1-14-2-4-15(5-3-14)13-22-20(25)16-8-10-23(11-9-16)19-12-17(21)6-7-18(19)24(26)27/h2-7,12,16H,8-11,13H2,1H3,(H,22,25). The molecular weight excluding hydrogens is 410 g/mol. The summed E-state index contributed by atoms with van der Waals surface area (Å²) in [6, 6.07) is 13.1. The molecule has 0 radical (unpaired) electrons. The zero-order valence-corrected chi connectivity index (χ0v) is 16.7. The highest BCUT2D eigenvalue weighted by atomic mass is 79.9. The molecule has 2 aromatic carbocycles. The summed E-state index contributed by atoms with van der Waals surface area (Å²) < 4.78 is 0.807. The molecular formula is C20H22BrN3O3. The second-order valence-corrected chi connectivity index (χ2v) is 7.77. The van der Waals surface area contributed by atoms with Crippen LogP contribution in [0.2, 0.25) is 0 Å². The van der Waals surface area contributed by atoms with Gasteiger partial charge in [-0.05, 0) is 37.5 Å². The minimum absolute atomic E-state index is 0.0546. The minimum atomic E-state index is -0.359. The number of hydrogen-bond donors (Lipinski definition) is 1. The fraction of sp³-hybridized carbons (Fsp3) is 0.350. The first-order chi connectivity index (χ1) is 12.9. The molecule has 1 heterocycles. The van der Waals surface area contributed by atoms with Crippen molar-refractivity contribution in [2.75, 3.05) is 18.0 Å². The molecule has 27 heavy (non-hydrogen) atoms. The van der Waals surface area contributed by atoms with Crippen molar-refractivity contribution in [1.82, 2.24) is 5.32 Å². The third-order valence-electron chi connectivity index (χ3n) is 4.93. The lowest BCUT2D eigenvalue weighted by Gasteiger charge is -2.32.